The molecule has 0 N–H and O–H groups in total. The third kappa shape index (κ3) is 1.74. The van der Waals surface area contributed by atoms with Crippen molar-refractivity contribution < 1.29 is 0 Å². The van der Waals surface area contributed by atoms with Crippen LogP contribution in [0.4, 0.5) is 0 Å². The van der Waals surface area contributed by atoms with Gasteiger partial charge in [-0.2, -0.15) is 0 Å². The Morgan fingerprint density at radius 3 is 2.00 bits per heavy atom. The van der Waals surface area contributed by atoms with Crippen LogP contribution in [0.15, 0.2) is 12.2 Å². The van der Waals surface area contributed by atoms with Gasteiger partial charge in [0.25, 0.3) is 0 Å². The van der Waals surface area contributed by atoms with E-state index in [2.05, 4.69) is 0 Å². The molecule has 0 unspecified atom stereocenters. The Kier molecular flexibility index (Phi) is 2.56. The van der Waals surface area contributed by atoms with E-state index in [-0.39, 0.29) is 0 Å². The standard InChI is InChI=1S/C4H6/c1-3-4-2/h1,3-4H,2H3/b4-3+. The predicted molar refractivity (Wildman–Crippen MR) is 19.1 cm³/mol. The fraction of sp³-hybridized carbons (Fsp3) is 0.250. The number of hydrogen-bond acceptors (Lipinski definition) is 0. The maximum absolute atomic E-state index is 4.85. The van der Waals surface area contributed by atoms with Crippen molar-refractivity contribution in [1.29, 1.82) is 0 Å². The quantitative estimate of drug-likeness (QED) is 0.390. The number of allylic oxidation sites excluding steroid dienone is 2. The van der Waals surface area contributed by atoms with Gasteiger partial charge in [-0.1, -0.05) is 12.2 Å². The first-order chi connectivity index (χ1) is 1.91. The Morgan fingerprint density at radius 1 is 1.75 bits per heavy atom. The zero-order valence-corrected chi connectivity index (χ0v) is 2.73. The van der Waals surface area contributed by atoms with Gasteiger partial charge in [0, 0.05) is 0 Å². The van der Waals surface area contributed by atoms with Gasteiger partial charge < -0.3 is 0 Å². The lowest BCUT2D eigenvalue weighted by molar-refractivity contribution is 1.74. The van der Waals surface area contributed by atoms with Crippen molar-refractivity contribution in [1.82, 2.24) is 0 Å². The number of rotatable bonds is 0. The normalized spacial score (nSPS) is 9.50. The van der Waals surface area contributed by atoms with Crippen molar-refractivity contribution >= 4 is 0 Å². The molecule has 0 fully saturated rings. The van der Waals surface area contributed by atoms with Crippen LogP contribution in [0.25, 0.3) is 0 Å². The molecule has 4 heavy (non-hydrogen) atoms. The van der Waals surface area contributed by atoms with Crippen molar-refractivity contribution in [3.8, 4) is 0 Å². The first kappa shape index (κ1) is 3.74. The highest BCUT2D eigenvalue weighted by atomic mass is 13.4. The zero-order chi connectivity index (χ0) is 3.41. The van der Waals surface area contributed by atoms with E-state index in [1.54, 1.807) is 6.08 Å². The van der Waals surface area contributed by atoms with Gasteiger partial charge in [0.05, 0.1) is 0 Å². The molecule has 0 heteroatoms. The van der Waals surface area contributed by atoms with Crippen LogP contribution in [0.3, 0.4) is 0 Å². The summed E-state index contributed by atoms with van der Waals surface area (Å²) in [5.74, 6) is 0. The summed E-state index contributed by atoms with van der Waals surface area (Å²) in [5, 5.41) is 0. The molecule has 0 nitrogen and oxygen atoms in total. The Balaban J connectivity index is 2.55. The summed E-state index contributed by atoms with van der Waals surface area (Å²) in [6.07, 6.45) is 3.28. The average molecular weight is 54.1 g/mol. The summed E-state index contributed by atoms with van der Waals surface area (Å²) in [6, 6.07) is 0. The largest absolute Gasteiger partial charge is 0.0913 e. The van der Waals surface area contributed by atoms with Crippen molar-refractivity contribution in [3.63, 3.8) is 0 Å². The van der Waals surface area contributed by atoms with Crippen molar-refractivity contribution in [2.45, 2.75) is 6.92 Å². The minimum Gasteiger partial charge on any atom is -0.0913 e. The van der Waals surface area contributed by atoms with Crippen LogP contribution >= 0.6 is 0 Å². The third-order valence-electron chi connectivity index (χ3n) is 0.192. The van der Waals surface area contributed by atoms with E-state index in [4.69, 9.17) is 6.92 Å². The van der Waals surface area contributed by atoms with E-state index in [9.17, 15) is 0 Å². The fourth-order valence-corrected chi connectivity index (χ4v) is 0. The average Bonchev–Trinajstić information content (AvgIpc) is 1.37. The molecule has 0 aromatic heterocycles. The molecule has 0 aliphatic rings. The smallest absolute Gasteiger partial charge is 0.00959 e. The molecule has 0 aliphatic carbocycles. The first-order valence-corrected chi connectivity index (χ1v) is 1.24. The zero-order valence-electron chi connectivity index (χ0n) is 2.73. The maximum Gasteiger partial charge on any atom is -0.00959 e. The molecule has 0 saturated heterocycles. The van der Waals surface area contributed by atoms with Crippen molar-refractivity contribution in [2.24, 2.45) is 0 Å². The van der Waals surface area contributed by atoms with Crippen LogP contribution in [-0.2, 0) is 0 Å². The second-order valence-corrected chi connectivity index (χ2v) is 0.526. The van der Waals surface area contributed by atoms with Gasteiger partial charge in [-0.3, -0.25) is 0 Å². The molecular formula is C4H6. The second-order valence-electron chi connectivity index (χ2n) is 0.526. The van der Waals surface area contributed by atoms with E-state index in [0.717, 1.165) is 0 Å². The van der Waals surface area contributed by atoms with Gasteiger partial charge in [-0.25, -0.2) is 0 Å². The van der Waals surface area contributed by atoms with E-state index in [1.165, 1.54) is 6.08 Å². The summed E-state index contributed by atoms with van der Waals surface area (Å²) in [6.45, 7) is 6.72. The van der Waals surface area contributed by atoms with Crippen molar-refractivity contribution in [3.05, 3.63) is 19.1 Å². The molecule has 0 spiro atoms. The fourth-order valence-electron chi connectivity index (χ4n) is 0. The molecule has 0 aromatic carbocycles. The Hall–Kier alpha value is -0.260. The van der Waals surface area contributed by atoms with E-state index < -0.39 is 0 Å². The van der Waals surface area contributed by atoms with Gasteiger partial charge in [-0.05, 0) is 13.8 Å². The highest BCUT2D eigenvalue weighted by molar-refractivity contribution is 4.78. The molecule has 0 rings (SSSR count). The molecule has 0 atom stereocenters. The van der Waals surface area contributed by atoms with E-state index >= 15 is 0 Å². The molecular weight excluding hydrogens is 48.0 g/mol. The van der Waals surface area contributed by atoms with Crippen LogP contribution in [-0.4, -0.2) is 0 Å². The SMILES string of the molecule is [CH]/C=C/C. The van der Waals surface area contributed by atoms with E-state index in [1.807, 2.05) is 6.92 Å². The maximum atomic E-state index is 4.85. The number of hydrogen-bond donors (Lipinski definition) is 0. The van der Waals surface area contributed by atoms with Crippen LogP contribution in [0, 0.1) is 6.92 Å². The molecule has 0 amide bonds. The minimum absolute atomic E-state index is 1.50. The topological polar surface area (TPSA) is 0 Å². The van der Waals surface area contributed by atoms with Crippen LogP contribution in [0.2, 0.25) is 0 Å². The summed E-state index contributed by atoms with van der Waals surface area (Å²) >= 11 is 0. The summed E-state index contributed by atoms with van der Waals surface area (Å²) < 4.78 is 0. The Labute approximate surface area is 27.1 Å². The monoisotopic (exact) mass is 54.0 g/mol. The molecule has 2 radical (unpaired) electrons. The highest BCUT2D eigenvalue weighted by Gasteiger charge is 1.35. The van der Waals surface area contributed by atoms with Crippen LogP contribution in [0.5, 0.6) is 0 Å². The lowest BCUT2D eigenvalue weighted by atomic mass is 10.6. The van der Waals surface area contributed by atoms with Crippen LogP contribution < -0.4 is 0 Å². The van der Waals surface area contributed by atoms with Crippen LogP contribution in [0.1, 0.15) is 6.92 Å². The Bertz CT molecular complexity index is 15.2. The van der Waals surface area contributed by atoms with Gasteiger partial charge >= 0.3 is 0 Å². The van der Waals surface area contributed by atoms with Gasteiger partial charge in [-0.15, -0.1) is 0 Å². The van der Waals surface area contributed by atoms with Gasteiger partial charge in [0.1, 0.15) is 0 Å². The molecule has 0 bridgehead atoms. The second kappa shape index (κ2) is 2.74. The Morgan fingerprint density at radius 2 is 2.00 bits per heavy atom. The third-order valence-corrected chi connectivity index (χ3v) is 0.192. The summed E-state index contributed by atoms with van der Waals surface area (Å²) in [4.78, 5) is 0. The summed E-state index contributed by atoms with van der Waals surface area (Å²) in [5.41, 5.74) is 0. The predicted octanol–water partition coefficient (Wildman–Crippen LogP) is 1.27. The lowest BCUT2D eigenvalue weighted by Gasteiger charge is -1.48. The molecule has 22 valence electrons. The lowest BCUT2D eigenvalue weighted by Crippen LogP contribution is -1.27. The molecule has 0 saturated carbocycles. The molecule has 0 heterocycles. The molecule has 0 aromatic rings. The van der Waals surface area contributed by atoms with Gasteiger partial charge in [0.15, 0.2) is 0 Å². The van der Waals surface area contributed by atoms with Gasteiger partial charge in [0.2, 0.25) is 0 Å². The first-order valence-electron chi connectivity index (χ1n) is 1.24. The molecule has 0 aliphatic heterocycles. The summed E-state index contributed by atoms with van der Waals surface area (Å²) in [7, 11) is 0. The van der Waals surface area contributed by atoms with E-state index in [0.29, 0.717) is 0 Å². The highest BCUT2D eigenvalue weighted by Crippen LogP contribution is 1.56. The minimum atomic E-state index is 1.50. The van der Waals surface area contributed by atoms with Crippen molar-refractivity contribution in [2.75, 3.05) is 0 Å².